The zero-order valence-corrected chi connectivity index (χ0v) is 26.3. The minimum absolute atomic E-state index is 0.441. The summed E-state index contributed by atoms with van der Waals surface area (Å²) in [5, 5.41) is 5.29. The average molecular weight is 620 g/mol. The van der Waals surface area contributed by atoms with E-state index < -0.39 is 5.41 Å². The zero-order valence-electron chi connectivity index (χ0n) is 24.7. The van der Waals surface area contributed by atoms with Crippen LogP contribution in [-0.4, -0.2) is 4.57 Å². The summed E-state index contributed by atoms with van der Waals surface area (Å²) in [6.07, 6.45) is 0. The molecule has 4 heterocycles. The third-order valence-corrected chi connectivity index (χ3v) is 12.5. The Morgan fingerprint density at radius 1 is 0.435 bits per heavy atom. The topological polar surface area (TPSA) is 4.93 Å². The number of fused-ring (bicyclic) bond motifs is 14. The first-order valence-electron chi connectivity index (χ1n) is 15.8. The molecule has 1 spiro atoms. The van der Waals surface area contributed by atoms with Crippen molar-refractivity contribution in [3.63, 3.8) is 0 Å². The molecule has 3 heteroatoms. The summed E-state index contributed by atoms with van der Waals surface area (Å²) in [5.41, 5.74) is 11.3. The molecule has 0 saturated carbocycles. The van der Waals surface area contributed by atoms with E-state index in [1.54, 1.807) is 0 Å². The highest BCUT2D eigenvalue weighted by Crippen LogP contribution is 2.60. The highest BCUT2D eigenvalue weighted by molar-refractivity contribution is 7.99. The fourth-order valence-corrected chi connectivity index (χ4v) is 10.7. The Balaban J connectivity index is 1.23. The minimum atomic E-state index is -0.441. The minimum Gasteiger partial charge on any atom is -0.309 e. The van der Waals surface area contributed by atoms with Gasteiger partial charge in [-0.05, 0) is 75.8 Å². The summed E-state index contributed by atoms with van der Waals surface area (Å²) >= 11 is 3.79. The molecule has 2 aliphatic rings. The van der Waals surface area contributed by atoms with Gasteiger partial charge in [0, 0.05) is 40.7 Å². The fourth-order valence-electron chi connectivity index (χ4n) is 8.41. The SMILES string of the molecule is c1ccc2c(c1)Sc1cc(-c3ccc4sc5ccccc5c4c3)ccc1C21c2ccccc2-n2c3ccccc3c3cccc1c32. The van der Waals surface area contributed by atoms with Crippen molar-refractivity contribution in [2.75, 3.05) is 0 Å². The van der Waals surface area contributed by atoms with E-state index in [9.17, 15) is 0 Å². The molecule has 2 aliphatic heterocycles. The van der Waals surface area contributed by atoms with Gasteiger partial charge in [-0.2, -0.15) is 0 Å². The highest BCUT2D eigenvalue weighted by Gasteiger charge is 2.49. The van der Waals surface area contributed by atoms with Crippen molar-refractivity contribution in [3.8, 4) is 16.8 Å². The van der Waals surface area contributed by atoms with Crippen molar-refractivity contribution < 1.29 is 0 Å². The van der Waals surface area contributed by atoms with Gasteiger partial charge in [0.05, 0.1) is 22.1 Å². The first-order valence-corrected chi connectivity index (χ1v) is 17.4. The first kappa shape index (κ1) is 25.1. The number of benzene rings is 7. The molecule has 1 nitrogen and oxygen atoms in total. The number of para-hydroxylation sites is 3. The third kappa shape index (κ3) is 3.07. The van der Waals surface area contributed by atoms with E-state index >= 15 is 0 Å². The second-order valence-corrected chi connectivity index (χ2v) is 14.6. The number of rotatable bonds is 1. The maximum atomic E-state index is 2.51. The van der Waals surface area contributed by atoms with Crippen LogP contribution in [-0.2, 0) is 5.41 Å². The van der Waals surface area contributed by atoms with Crippen molar-refractivity contribution in [2.24, 2.45) is 0 Å². The summed E-state index contributed by atoms with van der Waals surface area (Å²) in [6, 6.07) is 57.0. The lowest BCUT2D eigenvalue weighted by Crippen LogP contribution is -2.37. The van der Waals surface area contributed by atoms with Crippen LogP contribution in [0.2, 0.25) is 0 Å². The van der Waals surface area contributed by atoms with Gasteiger partial charge in [0.2, 0.25) is 0 Å². The smallest absolute Gasteiger partial charge is 0.0764 e. The molecule has 0 amide bonds. The molecule has 214 valence electrons. The molecule has 7 aromatic carbocycles. The lowest BCUT2D eigenvalue weighted by molar-refractivity contribution is 0.690. The van der Waals surface area contributed by atoms with Crippen molar-refractivity contribution in [1.29, 1.82) is 0 Å². The van der Waals surface area contributed by atoms with Gasteiger partial charge >= 0.3 is 0 Å². The number of thiophene rings is 1. The molecular weight excluding hydrogens is 595 g/mol. The number of aromatic nitrogens is 1. The van der Waals surface area contributed by atoms with Gasteiger partial charge in [-0.1, -0.05) is 121 Å². The molecule has 0 aliphatic carbocycles. The normalized spacial score (nSPS) is 16.3. The van der Waals surface area contributed by atoms with Crippen LogP contribution < -0.4 is 0 Å². The molecule has 1 unspecified atom stereocenters. The molecular formula is C43H25NS2. The summed E-state index contributed by atoms with van der Waals surface area (Å²) < 4.78 is 5.20. The van der Waals surface area contributed by atoms with Gasteiger partial charge in [-0.15, -0.1) is 11.3 Å². The van der Waals surface area contributed by atoms with Crippen LogP contribution in [0.1, 0.15) is 22.3 Å². The Morgan fingerprint density at radius 2 is 1.11 bits per heavy atom. The van der Waals surface area contributed by atoms with Crippen LogP contribution >= 0.6 is 23.1 Å². The van der Waals surface area contributed by atoms with Gasteiger partial charge in [-0.3, -0.25) is 0 Å². The second-order valence-electron chi connectivity index (χ2n) is 12.4. The van der Waals surface area contributed by atoms with Crippen LogP contribution in [0.15, 0.2) is 161 Å². The molecule has 0 N–H and O–H groups in total. The molecule has 0 saturated heterocycles. The van der Waals surface area contributed by atoms with E-state index in [1.807, 2.05) is 23.1 Å². The largest absolute Gasteiger partial charge is 0.309 e. The molecule has 46 heavy (non-hydrogen) atoms. The van der Waals surface area contributed by atoms with Gasteiger partial charge in [-0.25, -0.2) is 0 Å². The van der Waals surface area contributed by atoms with Crippen molar-refractivity contribution in [1.82, 2.24) is 4.57 Å². The first-order chi connectivity index (χ1) is 22.8. The number of hydrogen-bond acceptors (Lipinski definition) is 2. The van der Waals surface area contributed by atoms with Crippen LogP contribution in [0.25, 0.3) is 58.8 Å². The molecule has 9 aromatic rings. The zero-order chi connectivity index (χ0) is 30.0. The average Bonchev–Trinajstić information content (AvgIpc) is 3.66. The molecule has 2 aromatic heterocycles. The van der Waals surface area contributed by atoms with Crippen LogP contribution in [0.4, 0.5) is 0 Å². The van der Waals surface area contributed by atoms with Gasteiger partial charge in [0.25, 0.3) is 0 Å². The Hall–Kier alpha value is -5.09. The van der Waals surface area contributed by atoms with Crippen LogP contribution in [0.3, 0.4) is 0 Å². The van der Waals surface area contributed by atoms with Gasteiger partial charge < -0.3 is 4.57 Å². The number of nitrogens with zero attached hydrogens (tertiary/aromatic N) is 1. The summed E-state index contributed by atoms with van der Waals surface area (Å²) in [6.45, 7) is 0. The van der Waals surface area contributed by atoms with E-state index in [2.05, 4.69) is 156 Å². The summed E-state index contributed by atoms with van der Waals surface area (Å²) in [4.78, 5) is 2.64. The predicted molar refractivity (Wildman–Crippen MR) is 195 cm³/mol. The van der Waals surface area contributed by atoms with E-state index in [-0.39, 0.29) is 0 Å². The summed E-state index contributed by atoms with van der Waals surface area (Å²) in [5.74, 6) is 0. The van der Waals surface area contributed by atoms with Crippen molar-refractivity contribution >= 4 is 65.1 Å². The van der Waals surface area contributed by atoms with Crippen LogP contribution in [0, 0.1) is 0 Å². The van der Waals surface area contributed by atoms with E-state index in [0.29, 0.717) is 0 Å². The molecule has 0 fully saturated rings. The lowest BCUT2D eigenvalue weighted by atomic mass is 9.62. The summed E-state index contributed by atoms with van der Waals surface area (Å²) in [7, 11) is 0. The molecule has 11 rings (SSSR count). The van der Waals surface area contributed by atoms with Crippen LogP contribution in [0.5, 0.6) is 0 Å². The van der Waals surface area contributed by atoms with Gasteiger partial charge in [0.15, 0.2) is 0 Å². The predicted octanol–water partition coefficient (Wildman–Crippen LogP) is 12.0. The Labute approximate surface area is 274 Å². The maximum absolute atomic E-state index is 2.51. The van der Waals surface area contributed by atoms with E-state index in [1.165, 1.54) is 90.8 Å². The lowest BCUT2D eigenvalue weighted by Gasteiger charge is -2.45. The highest BCUT2D eigenvalue weighted by atomic mass is 32.2. The molecule has 1 atom stereocenters. The van der Waals surface area contributed by atoms with Crippen molar-refractivity contribution in [2.45, 2.75) is 15.2 Å². The Bertz CT molecular complexity index is 2750. The third-order valence-electron chi connectivity index (χ3n) is 10.3. The quantitative estimate of drug-likeness (QED) is 0.177. The Morgan fingerprint density at radius 3 is 2.07 bits per heavy atom. The monoisotopic (exact) mass is 619 g/mol. The number of hydrogen-bond donors (Lipinski definition) is 0. The van der Waals surface area contributed by atoms with Crippen molar-refractivity contribution in [3.05, 3.63) is 174 Å². The molecule has 0 radical (unpaired) electrons. The van der Waals surface area contributed by atoms with E-state index in [0.717, 1.165) is 0 Å². The second kappa shape index (κ2) is 9.01. The van der Waals surface area contributed by atoms with Gasteiger partial charge in [0.1, 0.15) is 0 Å². The van der Waals surface area contributed by atoms with E-state index in [4.69, 9.17) is 0 Å². The fraction of sp³-hybridized carbons (Fsp3) is 0.0233. The Kier molecular flexibility index (Phi) is 4.92. The molecule has 0 bridgehead atoms. The standard InChI is InChI=1S/C43H25NS2/c1-5-16-36-28(10-1)30-12-9-15-35-42(30)44(36)37-17-6-3-13-32(37)43(35)33-14-4-8-19-40(33)46-41-25-27(20-22-34(41)43)26-21-23-39-31(24-26)29-11-2-7-18-38(29)45-39/h1-25H. The maximum Gasteiger partial charge on any atom is 0.0764 e.